The van der Waals surface area contributed by atoms with E-state index in [0.717, 1.165) is 31.0 Å². The number of nitrogens with zero attached hydrogens (tertiary/aromatic N) is 1. The van der Waals surface area contributed by atoms with E-state index in [-0.39, 0.29) is 41.6 Å². The summed E-state index contributed by atoms with van der Waals surface area (Å²) >= 11 is 0. The molecule has 0 bridgehead atoms. The van der Waals surface area contributed by atoms with E-state index < -0.39 is 9.84 Å². The summed E-state index contributed by atoms with van der Waals surface area (Å²) in [5.74, 6) is 1.42. The van der Waals surface area contributed by atoms with Crippen molar-refractivity contribution in [3.8, 4) is 0 Å². The molecule has 1 aromatic rings. The van der Waals surface area contributed by atoms with Gasteiger partial charge in [0.2, 0.25) is 0 Å². The van der Waals surface area contributed by atoms with Crippen LogP contribution in [0.2, 0.25) is 0 Å². The normalized spacial score (nSPS) is 13.1. The van der Waals surface area contributed by atoms with Crippen LogP contribution in [0.3, 0.4) is 0 Å². The van der Waals surface area contributed by atoms with Crippen molar-refractivity contribution in [3.05, 3.63) is 35.9 Å². The molecule has 1 rings (SSSR count). The van der Waals surface area contributed by atoms with Gasteiger partial charge < -0.3 is 15.4 Å². The maximum absolute atomic E-state index is 12.2. The highest BCUT2D eigenvalue weighted by atomic mass is 127. The lowest BCUT2D eigenvalue weighted by Gasteiger charge is -2.21. The zero-order chi connectivity index (χ0) is 20.8. The average Bonchev–Trinajstić information content (AvgIpc) is 2.64. The quantitative estimate of drug-likeness (QED) is 0.173. The molecular weight excluding hydrogens is 501 g/mol. The summed E-state index contributed by atoms with van der Waals surface area (Å²) in [4.78, 5) is 4.50. The number of halogens is 1. The number of hydrogen-bond acceptors (Lipinski definition) is 4. The predicted molar refractivity (Wildman–Crippen MR) is 133 cm³/mol. The molecule has 1 atom stereocenters. The summed E-state index contributed by atoms with van der Waals surface area (Å²) in [6, 6.07) is 9.29. The van der Waals surface area contributed by atoms with Crippen LogP contribution in [-0.4, -0.2) is 52.5 Å². The van der Waals surface area contributed by atoms with Crippen LogP contribution in [0.5, 0.6) is 0 Å². The molecule has 0 fully saturated rings. The van der Waals surface area contributed by atoms with Gasteiger partial charge in [-0.2, -0.15) is 0 Å². The van der Waals surface area contributed by atoms with E-state index in [4.69, 9.17) is 4.74 Å². The highest BCUT2D eigenvalue weighted by Gasteiger charge is 2.13. The van der Waals surface area contributed by atoms with Gasteiger partial charge in [-0.05, 0) is 38.2 Å². The lowest BCUT2D eigenvalue weighted by atomic mass is 10.0. The first kappa shape index (κ1) is 28.1. The van der Waals surface area contributed by atoms with Crippen molar-refractivity contribution in [1.29, 1.82) is 0 Å². The Hall–Kier alpha value is -0.870. The van der Waals surface area contributed by atoms with Gasteiger partial charge in [0.05, 0.1) is 17.6 Å². The van der Waals surface area contributed by atoms with Crippen molar-refractivity contribution >= 4 is 39.8 Å². The fourth-order valence-corrected chi connectivity index (χ4v) is 4.29. The number of sulfone groups is 1. The Balaban J connectivity index is 0.00000784. The maximum atomic E-state index is 12.2. The molecule has 0 spiro atoms. The largest absolute Gasteiger partial charge is 0.378 e. The predicted octanol–water partition coefficient (Wildman–Crippen LogP) is 3.62. The van der Waals surface area contributed by atoms with E-state index in [9.17, 15) is 8.42 Å². The van der Waals surface area contributed by atoms with E-state index in [0.29, 0.717) is 25.5 Å². The second kappa shape index (κ2) is 15.9. The Labute approximate surface area is 194 Å². The van der Waals surface area contributed by atoms with Crippen molar-refractivity contribution in [3.63, 3.8) is 0 Å². The molecule has 0 radical (unpaired) electrons. The van der Waals surface area contributed by atoms with Gasteiger partial charge in [-0.1, -0.05) is 44.2 Å². The van der Waals surface area contributed by atoms with Crippen LogP contribution in [0.15, 0.2) is 35.3 Å². The van der Waals surface area contributed by atoms with Crippen LogP contribution < -0.4 is 10.6 Å². The Morgan fingerprint density at radius 2 is 1.83 bits per heavy atom. The highest BCUT2D eigenvalue weighted by Crippen LogP contribution is 2.10. The molecule has 0 heterocycles. The van der Waals surface area contributed by atoms with Crippen molar-refractivity contribution in [2.24, 2.45) is 10.9 Å². The van der Waals surface area contributed by atoms with Crippen molar-refractivity contribution in [2.45, 2.75) is 52.4 Å². The van der Waals surface area contributed by atoms with Crippen LogP contribution in [0, 0.1) is 5.92 Å². The molecule has 0 amide bonds. The first-order chi connectivity index (χ1) is 13.4. The van der Waals surface area contributed by atoms with Gasteiger partial charge in [0.25, 0.3) is 0 Å². The Bertz CT molecular complexity index is 667. The van der Waals surface area contributed by atoms with E-state index in [1.165, 1.54) is 0 Å². The van der Waals surface area contributed by atoms with Crippen LogP contribution in [0.4, 0.5) is 0 Å². The monoisotopic (exact) mass is 539 g/mol. The third-order valence-electron chi connectivity index (χ3n) is 4.30. The second-order valence-corrected chi connectivity index (χ2v) is 9.33. The fraction of sp³-hybridized carbons (Fsp3) is 0.667. The zero-order valence-electron chi connectivity index (χ0n) is 18.2. The summed E-state index contributed by atoms with van der Waals surface area (Å²) in [5, 5.41) is 6.52. The minimum absolute atomic E-state index is 0. The number of aliphatic imine (C=N–C) groups is 1. The summed E-state index contributed by atoms with van der Waals surface area (Å²) in [6.45, 7) is 11.1. The number of nitrogens with one attached hydrogen (secondary N) is 2. The smallest absolute Gasteiger partial charge is 0.191 e. The molecule has 0 saturated carbocycles. The minimum Gasteiger partial charge on any atom is -0.378 e. The van der Waals surface area contributed by atoms with Crippen LogP contribution in [0.25, 0.3) is 0 Å². The number of benzene rings is 1. The van der Waals surface area contributed by atoms with Gasteiger partial charge in [0.15, 0.2) is 15.8 Å². The summed E-state index contributed by atoms with van der Waals surface area (Å²) in [6.07, 6.45) is 1.64. The van der Waals surface area contributed by atoms with E-state index in [1.54, 1.807) is 0 Å². The Morgan fingerprint density at radius 3 is 2.41 bits per heavy atom. The second-order valence-electron chi connectivity index (χ2n) is 7.15. The number of ether oxygens (including phenoxy) is 1. The van der Waals surface area contributed by atoms with Gasteiger partial charge in [-0.3, -0.25) is 4.99 Å². The molecule has 6 nitrogen and oxygen atoms in total. The summed E-state index contributed by atoms with van der Waals surface area (Å²) in [7, 11) is -3.12. The van der Waals surface area contributed by atoms with Crippen LogP contribution in [0.1, 0.15) is 46.1 Å². The number of hydrogen-bond donors (Lipinski definition) is 2. The SMILES string of the molecule is CCNC(=NCCCS(=O)(=O)Cc1ccccc1)NCCC(OCC)C(C)C.I. The molecule has 2 N–H and O–H groups in total. The lowest BCUT2D eigenvalue weighted by molar-refractivity contribution is 0.0258. The van der Waals surface area contributed by atoms with Gasteiger partial charge >= 0.3 is 0 Å². The average molecular weight is 540 g/mol. The van der Waals surface area contributed by atoms with Crippen molar-refractivity contribution < 1.29 is 13.2 Å². The van der Waals surface area contributed by atoms with Gasteiger partial charge in [-0.25, -0.2) is 8.42 Å². The molecule has 168 valence electrons. The standard InChI is InChI=1S/C21H37N3O3S.HI/c1-5-22-21(24-15-13-20(18(3)4)27-6-2)23-14-10-16-28(25,26)17-19-11-8-7-9-12-19;/h7-9,11-12,18,20H,5-6,10,13-17H2,1-4H3,(H2,22,23,24);1H. The Morgan fingerprint density at radius 1 is 1.14 bits per heavy atom. The van der Waals surface area contributed by atoms with E-state index >= 15 is 0 Å². The first-order valence-corrected chi connectivity index (χ1v) is 12.1. The number of rotatable bonds is 13. The third-order valence-corrected chi connectivity index (χ3v) is 5.99. The van der Waals surface area contributed by atoms with E-state index in [2.05, 4.69) is 29.5 Å². The lowest BCUT2D eigenvalue weighted by Crippen LogP contribution is -2.39. The highest BCUT2D eigenvalue weighted by molar-refractivity contribution is 14.0. The molecule has 29 heavy (non-hydrogen) atoms. The summed E-state index contributed by atoms with van der Waals surface area (Å²) in [5.41, 5.74) is 0.829. The molecule has 0 aliphatic carbocycles. The van der Waals surface area contributed by atoms with Gasteiger partial charge in [0.1, 0.15) is 0 Å². The molecule has 0 aliphatic heterocycles. The molecule has 0 aliphatic rings. The molecule has 0 saturated heterocycles. The molecule has 1 aromatic carbocycles. The first-order valence-electron chi connectivity index (χ1n) is 10.3. The maximum Gasteiger partial charge on any atom is 0.191 e. The topological polar surface area (TPSA) is 79.8 Å². The molecule has 8 heteroatoms. The Kier molecular flexibility index (Phi) is 15.4. The number of guanidine groups is 1. The fourth-order valence-electron chi connectivity index (χ4n) is 2.87. The van der Waals surface area contributed by atoms with Gasteiger partial charge in [0, 0.05) is 26.2 Å². The van der Waals surface area contributed by atoms with Crippen LogP contribution >= 0.6 is 24.0 Å². The molecule has 0 aromatic heterocycles. The summed E-state index contributed by atoms with van der Waals surface area (Å²) < 4.78 is 30.3. The van der Waals surface area contributed by atoms with Crippen molar-refractivity contribution in [2.75, 3.05) is 32.0 Å². The molecular formula is C21H38IN3O3S. The van der Waals surface area contributed by atoms with E-state index in [1.807, 2.05) is 44.2 Å². The van der Waals surface area contributed by atoms with Crippen molar-refractivity contribution in [1.82, 2.24) is 10.6 Å². The molecule has 1 unspecified atom stereocenters. The minimum atomic E-state index is -3.12. The van der Waals surface area contributed by atoms with Gasteiger partial charge in [-0.15, -0.1) is 24.0 Å². The zero-order valence-corrected chi connectivity index (χ0v) is 21.3. The third kappa shape index (κ3) is 13.1. The van der Waals surface area contributed by atoms with Crippen LogP contribution in [-0.2, 0) is 20.3 Å².